The van der Waals surface area contributed by atoms with E-state index in [9.17, 15) is 9.18 Å². The maximum atomic E-state index is 13.1. The highest BCUT2D eigenvalue weighted by atomic mass is 19.1. The Bertz CT molecular complexity index is 942. The summed E-state index contributed by atoms with van der Waals surface area (Å²) in [5.74, 6) is -0.0704. The Balaban J connectivity index is 1.33. The maximum absolute atomic E-state index is 13.1. The van der Waals surface area contributed by atoms with Crippen molar-refractivity contribution in [2.24, 2.45) is 0 Å². The third-order valence-electron chi connectivity index (χ3n) is 5.27. The summed E-state index contributed by atoms with van der Waals surface area (Å²) in [4.78, 5) is 16.7. The van der Waals surface area contributed by atoms with Crippen LogP contribution in [0.3, 0.4) is 0 Å². The van der Waals surface area contributed by atoms with Gasteiger partial charge >= 0.3 is 0 Å². The van der Waals surface area contributed by atoms with Gasteiger partial charge in [0.25, 0.3) is 0 Å². The van der Waals surface area contributed by atoms with Gasteiger partial charge < -0.3 is 9.80 Å². The molecule has 140 valence electrons. The minimum Gasteiger partial charge on any atom is -0.368 e. The highest BCUT2D eigenvalue weighted by molar-refractivity contribution is 5.82. The summed E-state index contributed by atoms with van der Waals surface area (Å²) >= 11 is 0. The fourth-order valence-electron chi connectivity index (χ4n) is 3.65. The van der Waals surface area contributed by atoms with Gasteiger partial charge in [-0.15, -0.1) is 0 Å². The first kappa shape index (κ1) is 17.5. The molecule has 1 aromatic heterocycles. The van der Waals surface area contributed by atoms with Crippen LogP contribution in [-0.2, 0) is 11.3 Å². The van der Waals surface area contributed by atoms with Gasteiger partial charge in [-0.3, -0.25) is 9.48 Å². The molecule has 2 heterocycles. The molecule has 0 bridgehead atoms. The quantitative estimate of drug-likeness (QED) is 0.712. The number of aromatic nitrogens is 2. The van der Waals surface area contributed by atoms with E-state index in [-0.39, 0.29) is 11.7 Å². The monoisotopic (exact) mass is 366 g/mol. The molecule has 0 spiro atoms. The largest absolute Gasteiger partial charge is 0.368 e. The summed E-state index contributed by atoms with van der Waals surface area (Å²) in [6.07, 6.45) is 2.32. The topological polar surface area (TPSA) is 41.4 Å². The van der Waals surface area contributed by atoms with E-state index < -0.39 is 0 Å². The summed E-state index contributed by atoms with van der Waals surface area (Å²) in [5.41, 5.74) is 3.27. The summed E-state index contributed by atoms with van der Waals surface area (Å²) in [6.45, 7) is 5.57. The zero-order chi connectivity index (χ0) is 18.8. The number of hydrogen-bond acceptors (Lipinski definition) is 3. The van der Waals surface area contributed by atoms with Crippen LogP contribution in [0, 0.1) is 12.7 Å². The highest BCUT2D eigenvalue weighted by Crippen LogP contribution is 2.19. The molecule has 5 nitrogen and oxygen atoms in total. The van der Waals surface area contributed by atoms with Crippen LogP contribution in [0.1, 0.15) is 12.0 Å². The van der Waals surface area contributed by atoms with Crippen LogP contribution in [-0.4, -0.2) is 46.8 Å². The summed E-state index contributed by atoms with van der Waals surface area (Å²) in [7, 11) is 0. The van der Waals surface area contributed by atoms with E-state index >= 15 is 0 Å². The molecule has 1 fully saturated rings. The number of piperazine rings is 1. The number of amides is 1. The lowest BCUT2D eigenvalue weighted by atomic mass is 10.1. The molecular formula is C21H23FN4O. The van der Waals surface area contributed by atoms with Crippen LogP contribution >= 0.6 is 0 Å². The van der Waals surface area contributed by atoms with Crippen LogP contribution < -0.4 is 4.90 Å². The van der Waals surface area contributed by atoms with Gasteiger partial charge in [0.1, 0.15) is 5.82 Å². The zero-order valence-electron chi connectivity index (χ0n) is 15.4. The summed E-state index contributed by atoms with van der Waals surface area (Å²) < 4.78 is 15.0. The molecule has 0 N–H and O–H groups in total. The van der Waals surface area contributed by atoms with Crippen molar-refractivity contribution in [1.82, 2.24) is 14.7 Å². The normalized spacial score (nSPS) is 14.7. The number of carbonyl (C=O) groups is 1. The standard InChI is InChI=1S/C21H23FN4O/c1-16-3-2-4-20-19(16)15-23-26(20)10-9-21(27)25-13-11-24(12-14-25)18-7-5-17(22)6-8-18/h2-8,15H,9-14H2,1H3. The third kappa shape index (κ3) is 3.65. The first-order valence-electron chi connectivity index (χ1n) is 9.31. The van der Waals surface area contributed by atoms with Crippen molar-refractivity contribution < 1.29 is 9.18 Å². The number of benzene rings is 2. The van der Waals surface area contributed by atoms with E-state index in [1.165, 1.54) is 17.7 Å². The number of nitrogens with zero attached hydrogens (tertiary/aromatic N) is 4. The van der Waals surface area contributed by atoms with E-state index in [0.717, 1.165) is 29.7 Å². The minimum atomic E-state index is -0.228. The zero-order valence-corrected chi connectivity index (χ0v) is 15.4. The van der Waals surface area contributed by atoms with E-state index in [4.69, 9.17) is 0 Å². The Morgan fingerprint density at radius 1 is 1.07 bits per heavy atom. The number of aryl methyl sites for hydroxylation is 2. The minimum absolute atomic E-state index is 0.157. The molecule has 2 aromatic carbocycles. The lowest BCUT2D eigenvalue weighted by molar-refractivity contribution is -0.131. The van der Waals surface area contributed by atoms with Gasteiger partial charge in [0, 0.05) is 43.7 Å². The first-order valence-corrected chi connectivity index (χ1v) is 9.31. The third-order valence-corrected chi connectivity index (χ3v) is 5.27. The predicted octanol–water partition coefficient (Wildman–Crippen LogP) is 3.22. The van der Waals surface area contributed by atoms with E-state index in [2.05, 4.69) is 23.0 Å². The Hall–Kier alpha value is -2.89. The van der Waals surface area contributed by atoms with Crippen molar-refractivity contribution in [3.63, 3.8) is 0 Å². The Morgan fingerprint density at radius 3 is 2.56 bits per heavy atom. The number of hydrogen-bond donors (Lipinski definition) is 0. The Labute approximate surface area is 158 Å². The fourth-order valence-corrected chi connectivity index (χ4v) is 3.65. The average Bonchev–Trinajstić information content (AvgIpc) is 3.11. The maximum Gasteiger partial charge on any atom is 0.224 e. The Morgan fingerprint density at radius 2 is 1.81 bits per heavy atom. The summed E-state index contributed by atoms with van der Waals surface area (Å²) in [5, 5.41) is 5.58. The fraction of sp³-hybridized carbons (Fsp3) is 0.333. The number of anilines is 1. The molecule has 6 heteroatoms. The number of fused-ring (bicyclic) bond motifs is 1. The van der Waals surface area contributed by atoms with Crippen LogP contribution in [0.4, 0.5) is 10.1 Å². The lowest BCUT2D eigenvalue weighted by Crippen LogP contribution is -2.49. The molecule has 0 saturated carbocycles. The van der Waals surface area contributed by atoms with Crippen molar-refractivity contribution in [2.75, 3.05) is 31.1 Å². The van der Waals surface area contributed by atoms with Gasteiger partial charge in [0.2, 0.25) is 5.91 Å². The lowest BCUT2D eigenvalue weighted by Gasteiger charge is -2.36. The molecule has 0 unspecified atom stereocenters. The molecule has 1 aliphatic rings. The van der Waals surface area contributed by atoms with Crippen LogP contribution in [0.15, 0.2) is 48.7 Å². The molecule has 0 radical (unpaired) electrons. The average molecular weight is 366 g/mol. The predicted molar refractivity (Wildman–Crippen MR) is 104 cm³/mol. The number of rotatable bonds is 4. The van der Waals surface area contributed by atoms with Gasteiger partial charge in [-0.2, -0.15) is 5.10 Å². The highest BCUT2D eigenvalue weighted by Gasteiger charge is 2.21. The molecule has 3 aromatic rings. The van der Waals surface area contributed by atoms with Crippen molar-refractivity contribution in [3.8, 4) is 0 Å². The second-order valence-corrected chi connectivity index (χ2v) is 6.97. The molecule has 1 saturated heterocycles. The molecule has 27 heavy (non-hydrogen) atoms. The Kier molecular flexibility index (Phi) is 4.79. The first-order chi connectivity index (χ1) is 13.1. The van der Waals surface area contributed by atoms with Gasteiger partial charge in [0.05, 0.1) is 18.3 Å². The second-order valence-electron chi connectivity index (χ2n) is 6.97. The molecule has 0 atom stereocenters. The van der Waals surface area contributed by atoms with E-state index in [0.29, 0.717) is 26.1 Å². The smallest absolute Gasteiger partial charge is 0.224 e. The van der Waals surface area contributed by atoms with Crippen LogP contribution in [0.25, 0.3) is 10.9 Å². The second kappa shape index (κ2) is 7.39. The van der Waals surface area contributed by atoms with E-state index in [1.807, 2.05) is 27.9 Å². The van der Waals surface area contributed by atoms with Crippen LogP contribution in [0.2, 0.25) is 0 Å². The van der Waals surface area contributed by atoms with Gasteiger partial charge in [-0.1, -0.05) is 12.1 Å². The molecular weight excluding hydrogens is 343 g/mol. The molecule has 0 aliphatic carbocycles. The molecule has 1 amide bonds. The van der Waals surface area contributed by atoms with E-state index in [1.54, 1.807) is 12.1 Å². The van der Waals surface area contributed by atoms with Crippen molar-refractivity contribution in [3.05, 3.63) is 60.0 Å². The summed E-state index contributed by atoms with van der Waals surface area (Å²) in [6, 6.07) is 12.7. The van der Waals surface area contributed by atoms with Crippen LogP contribution in [0.5, 0.6) is 0 Å². The van der Waals surface area contributed by atoms with Crippen molar-refractivity contribution in [2.45, 2.75) is 19.9 Å². The molecule has 1 aliphatic heterocycles. The molecule has 4 rings (SSSR count). The van der Waals surface area contributed by atoms with Crippen molar-refractivity contribution >= 4 is 22.5 Å². The number of carbonyl (C=O) groups excluding carboxylic acids is 1. The van der Waals surface area contributed by atoms with Gasteiger partial charge in [-0.25, -0.2) is 4.39 Å². The van der Waals surface area contributed by atoms with Gasteiger partial charge in [0.15, 0.2) is 0 Å². The SMILES string of the molecule is Cc1cccc2c1cnn2CCC(=O)N1CCN(c2ccc(F)cc2)CC1. The number of halogens is 1. The van der Waals surface area contributed by atoms with Crippen molar-refractivity contribution in [1.29, 1.82) is 0 Å². The van der Waals surface area contributed by atoms with Gasteiger partial charge in [-0.05, 0) is 42.8 Å².